The highest BCUT2D eigenvalue weighted by Gasteiger charge is 2.40. The SMILES string of the molecule is O=C1Nc2cc(Cl)ccc2NCC12CCCCCC2. The van der Waals surface area contributed by atoms with Crippen LogP contribution in [0.2, 0.25) is 5.02 Å². The molecule has 0 atom stereocenters. The summed E-state index contributed by atoms with van der Waals surface area (Å²) in [6, 6.07) is 5.61. The van der Waals surface area contributed by atoms with Crippen molar-refractivity contribution < 1.29 is 4.79 Å². The molecule has 102 valence electrons. The van der Waals surface area contributed by atoms with Crippen molar-refractivity contribution in [3.8, 4) is 0 Å². The number of amides is 1. The fourth-order valence-corrected chi connectivity index (χ4v) is 3.35. The van der Waals surface area contributed by atoms with Gasteiger partial charge >= 0.3 is 0 Å². The molecule has 0 unspecified atom stereocenters. The van der Waals surface area contributed by atoms with Gasteiger partial charge in [0.25, 0.3) is 0 Å². The van der Waals surface area contributed by atoms with Gasteiger partial charge in [-0.1, -0.05) is 37.3 Å². The molecule has 1 heterocycles. The minimum atomic E-state index is -0.248. The zero-order valence-corrected chi connectivity index (χ0v) is 11.7. The average Bonchev–Trinajstić information content (AvgIpc) is 2.70. The van der Waals surface area contributed by atoms with Gasteiger partial charge in [0.15, 0.2) is 0 Å². The van der Waals surface area contributed by atoms with Crippen LogP contribution in [-0.4, -0.2) is 12.5 Å². The molecule has 2 aliphatic rings. The Labute approximate surface area is 118 Å². The fraction of sp³-hybridized carbons (Fsp3) is 0.533. The summed E-state index contributed by atoms with van der Waals surface area (Å²) in [4.78, 5) is 12.6. The van der Waals surface area contributed by atoms with Gasteiger partial charge in [0, 0.05) is 11.6 Å². The molecule has 1 aromatic carbocycles. The van der Waals surface area contributed by atoms with E-state index in [1.807, 2.05) is 18.2 Å². The molecule has 0 bridgehead atoms. The van der Waals surface area contributed by atoms with Crippen LogP contribution in [0.4, 0.5) is 11.4 Å². The molecule has 1 fully saturated rings. The largest absolute Gasteiger partial charge is 0.382 e. The third-order valence-corrected chi connectivity index (χ3v) is 4.62. The number of hydrogen-bond donors (Lipinski definition) is 2. The van der Waals surface area contributed by atoms with Crippen LogP contribution in [0, 0.1) is 5.41 Å². The van der Waals surface area contributed by atoms with E-state index in [9.17, 15) is 4.79 Å². The highest BCUT2D eigenvalue weighted by molar-refractivity contribution is 6.31. The predicted octanol–water partition coefficient (Wildman–Crippen LogP) is 4.04. The van der Waals surface area contributed by atoms with Gasteiger partial charge in [0.2, 0.25) is 5.91 Å². The minimum absolute atomic E-state index is 0.155. The Bertz CT molecular complexity index is 493. The topological polar surface area (TPSA) is 41.1 Å². The van der Waals surface area contributed by atoms with E-state index >= 15 is 0 Å². The van der Waals surface area contributed by atoms with Crippen molar-refractivity contribution in [2.24, 2.45) is 5.41 Å². The molecule has 0 saturated heterocycles. The van der Waals surface area contributed by atoms with Crippen LogP contribution >= 0.6 is 11.6 Å². The maximum absolute atomic E-state index is 12.6. The number of anilines is 2. The lowest BCUT2D eigenvalue weighted by atomic mass is 9.79. The van der Waals surface area contributed by atoms with Crippen LogP contribution in [-0.2, 0) is 4.79 Å². The third-order valence-electron chi connectivity index (χ3n) is 4.39. The molecule has 4 heteroatoms. The minimum Gasteiger partial charge on any atom is -0.382 e. The molecular formula is C15H19ClN2O. The van der Waals surface area contributed by atoms with E-state index in [-0.39, 0.29) is 11.3 Å². The van der Waals surface area contributed by atoms with Crippen LogP contribution in [0.15, 0.2) is 18.2 Å². The number of benzene rings is 1. The van der Waals surface area contributed by atoms with Gasteiger partial charge < -0.3 is 10.6 Å². The van der Waals surface area contributed by atoms with Crippen molar-refractivity contribution in [3.05, 3.63) is 23.2 Å². The van der Waals surface area contributed by atoms with Crippen molar-refractivity contribution in [1.82, 2.24) is 0 Å². The quantitative estimate of drug-likeness (QED) is 0.752. The Morgan fingerprint density at radius 1 is 1.05 bits per heavy atom. The molecule has 0 aromatic heterocycles. The maximum Gasteiger partial charge on any atom is 0.232 e. The molecule has 1 saturated carbocycles. The van der Waals surface area contributed by atoms with E-state index in [0.29, 0.717) is 5.02 Å². The Morgan fingerprint density at radius 3 is 2.53 bits per heavy atom. The van der Waals surface area contributed by atoms with Crippen molar-refractivity contribution >= 4 is 28.9 Å². The van der Waals surface area contributed by atoms with Gasteiger partial charge in [-0.25, -0.2) is 0 Å². The Kier molecular flexibility index (Phi) is 3.40. The molecular weight excluding hydrogens is 260 g/mol. The highest BCUT2D eigenvalue weighted by Crippen LogP contribution is 2.40. The van der Waals surface area contributed by atoms with Gasteiger partial charge in [-0.05, 0) is 31.0 Å². The van der Waals surface area contributed by atoms with Gasteiger partial charge in [0.05, 0.1) is 16.8 Å². The van der Waals surface area contributed by atoms with Crippen LogP contribution in [0.3, 0.4) is 0 Å². The van der Waals surface area contributed by atoms with Crippen molar-refractivity contribution in [2.45, 2.75) is 38.5 Å². The van der Waals surface area contributed by atoms with Gasteiger partial charge in [0.1, 0.15) is 0 Å². The summed E-state index contributed by atoms with van der Waals surface area (Å²) in [7, 11) is 0. The first-order valence-corrected chi connectivity index (χ1v) is 7.42. The second-order valence-corrected chi connectivity index (χ2v) is 6.13. The number of nitrogens with one attached hydrogen (secondary N) is 2. The van der Waals surface area contributed by atoms with Crippen LogP contribution in [0.25, 0.3) is 0 Å². The zero-order valence-electron chi connectivity index (χ0n) is 11.0. The van der Waals surface area contributed by atoms with E-state index in [0.717, 1.165) is 43.6 Å². The number of hydrogen-bond acceptors (Lipinski definition) is 2. The summed E-state index contributed by atoms with van der Waals surface area (Å²) in [5.41, 5.74) is 1.53. The first-order valence-electron chi connectivity index (χ1n) is 7.05. The average molecular weight is 279 g/mol. The van der Waals surface area contributed by atoms with Crippen molar-refractivity contribution in [1.29, 1.82) is 0 Å². The van der Waals surface area contributed by atoms with E-state index in [1.165, 1.54) is 12.8 Å². The lowest BCUT2D eigenvalue weighted by molar-refractivity contribution is -0.125. The normalized spacial score (nSPS) is 21.8. The zero-order chi connectivity index (χ0) is 13.3. The van der Waals surface area contributed by atoms with E-state index in [1.54, 1.807) is 0 Å². The smallest absolute Gasteiger partial charge is 0.232 e. The van der Waals surface area contributed by atoms with Crippen LogP contribution in [0.5, 0.6) is 0 Å². The molecule has 19 heavy (non-hydrogen) atoms. The highest BCUT2D eigenvalue weighted by atomic mass is 35.5. The number of carbonyl (C=O) groups is 1. The molecule has 1 aromatic rings. The standard InChI is InChI=1S/C15H19ClN2O/c16-11-5-6-12-13(9-11)18-14(19)15(10-17-12)7-3-1-2-4-8-15/h5-6,9,17H,1-4,7-8,10H2,(H,18,19). The summed E-state index contributed by atoms with van der Waals surface area (Å²) < 4.78 is 0. The van der Waals surface area contributed by atoms with E-state index < -0.39 is 0 Å². The molecule has 1 aliphatic heterocycles. The first kappa shape index (κ1) is 12.8. The van der Waals surface area contributed by atoms with Gasteiger partial charge in [-0.2, -0.15) is 0 Å². The summed E-state index contributed by atoms with van der Waals surface area (Å²) in [6.07, 6.45) is 6.74. The third kappa shape index (κ3) is 2.44. The van der Waals surface area contributed by atoms with E-state index in [4.69, 9.17) is 11.6 Å². The Hall–Kier alpha value is -1.22. The van der Waals surface area contributed by atoms with Gasteiger partial charge in [-0.3, -0.25) is 4.79 Å². The molecule has 2 N–H and O–H groups in total. The molecule has 1 spiro atoms. The first-order chi connectivity index (χ1) is 9.20. The molecule has 3 rings (SSSR count). The maximum atomic E-state index is 12.6. The fourth-order valence-electron chi connectivity index (χ4n) is 3.18. The number of halogens is 1. The molecule has 3 nitrogen and oxygen atoms in total. The second kappa shape index (κ2) is 5.04. The lowest BCUT2D eigenvalue weighted by Crippen LogP contribution is -2.39. The summed E-state index contributed by atoms with van der Waals surface area (Å²) in [6.45, 7) is 0.730. The molecule has 1 amide bonds. The van der Waals surface area contributed by atoms with Gasteiger partial charge in [-0.15, -0.1) is 0 Å². The summed E-state index contributed by atoms with van der Waals surface area (Å²) in [5, 5.41) is 7.15. The summed E-state index contributed by atoms with van der Waals surface area (Å²) in [5.74, 6) is 0.155. The Balaban J connectivity index is 1.91. The second-order valence-electron chi connectivity index (χ2n) is 5.69. The summed E-state index contributed by atoms with van der Waals surface area (Å²) >= 11 is 6.00. The van der Waals surface area contributed by atoms with Crippen molar-refractivity contribution in [2.75, 3.05) is 17.2 Å². The number of fused-ring (bicyclic) bond motifs is 1. The predicted molar refractivity (Wildman–Crippen MR) is 78.7 cm³/mol. The van der Waals surface area contributed by atoms with Crippen molar-refractivity contribution in [3.63, 3.8) is 0 Å². The van der Waals surface area contributed by atoms with Crippen LogP contribution in [0.1, 0.15) is 38.5 Å². The lowest BCUT2D eigenvalue weighted by Gasteiger charge is -2.29. The molecule has 0 radical (unpaired) electrons. The number of carbonyl (C=O) groups excluding carboxylic acids is 1. The van der Waals surface area contributed by atoms with Crippen LogP contribution < -0.4 is 10.6 Å². The monoisotopic (exact) mass is 278 g/mol. The molecule has 1 aliphatic carbocycles. The Morgan fingerprint density at radius 2 is 1.79 bits per heavy atom. The number of rotatable bonds is 0. The van der Waals surface area contributed by atoms with E-state index in [2.05, 4.69) is 10.6 Å².